The topological polar surface area (TPSA) is 37.3 Å². The van der Waals surface area contributed by atoms with Gasteiger partial charge in [-0.2, -0.15) is 5.05 Å². The highest BCUT2D eigenvalue weighted by molar-refractivity contribution is 7.16. The molecular formula is C3H9MgO2P. The Labute approximate surface area is 55.3 Å². The Hall–Kier alpha value is 0.826. The van der Waals surface area contributed by atoms with Crippen molar-refractivity contribution in [3.8, 4) is 0 Å². The summed E-state index contributed by atoms with van der Waals surface area (Å²) in [6.07, 6.45) is 0. The number of hydrogen-bond donors (Lipinski definition) is 1. The number of rotatable bonds is 1. The van der Waals surface area contributed by atoms with Crippen LogP contribution in [0.4, 0.5) is 0 Å². The smallest absolute Gasteiger partial charge is 0.310 e. The molecule has 0 atom stereocenters. The minimum atomic E-state index is -0.833. The van der Waals surface area contributed by atoms with E-state index in [0.717, 1.165) is 0 Å². The van der Waals surface area contributed by atoms with Crippen LogP contribution < -0.4 is 0 Å². The molecule has 4 heteroatoms. The first-order chi connectivity index (χ1) is 3.33. The quantitative estimate of drug-likeness (QED) is 0.432. The average molecular weight is 132 g/mol. The fourth-order valence-electron chi connectivity index (χ4n) is 0. The molecule has 0 aromatic heterocycles. The van der Waals surface area contributed by atoms with Crippen molar-refractivity contribution < 1.29 is 9.46 Å². The van der Waals surface area contributed by atoms with Crippen molar-refractivity contribution in [2.45, 2.75) is 16.5 Å². The van der Waals surface area contributed by atoms with E-state index < -0.39 is 8.69 Å². The van der Waals surface area contributed by atoms with Crippen LogP contribution in [-0.2, 0) is 4.57 Å². The van der Waals surface area contributed by atoms with Crippen molar-refractivity contribution in [1.82, 2.24) is 0 Å². The largest absolute Gasteiger partial charge is 0.359 e. The lowest BCUT2D eigenvalue weighted by Crippen LogP contribution is -1.67. The normalized spacial score (nSPS) is 6.14. The van der Waals surface area contributed by atoms with Gasteiger partial charge < -0.3 is 4.89 Å². The van der Waals surface area contributed by atoms with E-state index in [4.69, 9.17) is 9.46 Å². The SMILES string of the molecule is C[CH2][Mg][CH3].O=PO. The van der Waals surface area contributed by atoms with Gasteiger partial charge in [0.15, 0.2) is 0 Å². The van der Waals surface area contributed by atoms with Crippen molar-refractivity contribution in [1.29, 1.82) is 0 Å². The zero-order chi connectivity index (χ0) is 6.12. The third-order valence-corrected chi connectivity index (χ3v) is 1.50. The molecule has 0 amide bonds. The minimum Gasteiger partial charge on any atom is -0.310 e. The molecule has 0 aromatic carbocycles. The Morgan fingerprint density at radius 2 is 2.00 bits per heavy atom. The summed E-state index contributed by atoms with van der Waals surface area (Å²) in [4.78, 5) is 6.99. The highest BCUT2D eigenvalue weighted by Gasteiger charge is 1.69. The summed E-state index contributed by atoms with van der Waals surface area (Å²) < 4.78 is 9.92. The molecule has 0 aliphatic heterocycles. The third-order valence-electron chi connectivity index (χ3n) is 0.500. The molecule has 0 saturated heterocycles. The van der Waals surface area contributed by atoms with E-state index in [1.165, 1.54) is 4.55 Å². The zero-order valence-electron chi connectivity index (χ0n) is 4.72. The van der Waals surface area contributed by atoms with Crippen molar-refractivity contribution in [2.75, 3.05) is 0 Å². The third kappa shape index (κ3) is 47.7. The molecular weight excluding hydrogens is 123 g/mol. The minimum absolute atomic E-state index is 0.424. The lowest BCUT2D eigenvalue weighted by atomic mass is 11.0. The van der Waals surface area contributed by atoms with Crippen molar-refractivity contribution in [2.24, 2.45) is 0 Å². The zero-order valence-corrected chi connectivity index (χ0v) is 7.03. The molecule has 0 unspecified atom stereocenters. The lowest BCUT2D eigenvalue weighted by Gasteiger charge is -1.60. The van der Waals surface area contributed by atoms with Gasteiger partial charge in [-0.15, -0.1) is 4.55 Å². The second kappa shape index (κ2) is 15.8. The molecule has 0 spiro atoms. The van der Waals surface area contributed by atoms with Gasteiger partial charge in [-0.05, 0) is 0 Å². The van der Waals surface area contributed by atoms with E-state index >= 15 is 0 Å². The molecule has 7 heavy (non-hydrogen) atoms. The van der Waals surface area contributed by atoms with Crippen LogP contribution in [0.3, 0.4) is 0 Å². The summed E-state index contributed by atoms with van der Waals surface area (Å²) in [7, 11) is -0.833. The van der Waals surface area contributed by atoms with Crippen LogP contribution in [0.2, 0.25) is 9.60 Å². The van der Waals surface area contributed by atoms with E-state index in [9.17, 15) is 0 Å². The maximum absolute atomic E-state index is 8.46. The monoisotopic (exact) mass is 132 g/mol. The second-order valence-electron chi connectivity index (χ2n) is 1.08. The van der Waals surface area contributed by atoms with Crippen molar-refractivity contribution >= 4 is 29.1 Å². The maximum atomic E-state index is 8.46. The molecule has 0 aliphatic carbocycles. The predicted octanol–water partition coefficient (Wildman–Crippen LogP) is 1.36. The molecule has 2 nitrogen and oxygen atoms in total. The summed E-state index contributed by atoms with van der Waals surface area (Å²) in [5, 5.41) is 2.32. The first-order valence-electron chi connectivity index (χ1n) is 2.30. The summed E-state index contributed by atoms with van der Waals surface area (Å²) in [5.41, 5.74) is 0. The van der Waals surface area contributed by atoms with E-state index in [-0.39, 0.29) is 0 Å². The van der Waals surface area contributed by atoms with Gasteiger partial charge in [-0.1, -0.05) is 6.92 Å². The molecule has 0 saturated carbocycles. The average Bonchev–Trinajstić information content (AvgIpc) is 1.69. The summed E-state index contributed by atoms with van der Waals surface area (Å²) >= 11 is 0.424. The molecule has 0 radical (unpaired) electrons. The van der Waals surface area contributed by atoms with Crippen LogP contribution in [-0.4, -0.2) is 25.3 Å². The fraction of sp³-hybridized carbons (Fsp3) is 1.00. The van der Waals surface area contributed by atoms with Crippen LogP contribution in [0.5, 0.6) is 0 Å². The second-order valence-corrected chi connectivity index (χ2v) is 3.24. The van der Waals surface area contributed by atoms with Gasteiger partial charge in [-0.3, -0.25) is 0 Å². The Balaban J connectivity index is 0. The lowest BCUT2D eigenvalue weighted by molar-refractivity contribution is 0.524. The molecule has 0 fully saturated rings. The van der Waals surface area contributed by atoms with Gasteiger partial charge in [0, 0.05) is 0 Å². The molecule has 1 N–H and O–H groups in total. The Kier molecular flexibility index (Phi) is 24.3. The Morgan fingerprint density at radius 3 is 2.00 bits per heavy atom. The van der Waals surface area contributed by atoms with E-state index in [2.05, 4.69) is 12.0 Å². The Bertz CT molecular complexity index is 32.1. The molecule has 0 aliphatic rings. The van der Waals surface area contributed by atoms with Gasteiger partial charge >= 0.3 is 29.1 Å². The summed E-state index contributed by atoms with van der Waals surface area (Å²) in [6, 6.07) is 0. The number of hydrogen-bond acceptors (Lipinski definition) is 1. The van der Waals surface area contributed by atoms with Gasteiger partial charge in [0.05, 0.1) is 0 Å². The summed E-state index contributed by atoms with van der Waals surface area (Å²) in [6.45, 7) is 2.24. The molecule has 0 heterocycles. The Morgan fingerprint density at radius 1 is 1.86 bits per heavy atom. The highest BCUT2D eigenvalue weighted by atomic mass is 31.1. The van der Waals surface area contributed by atoms with E-state index in [1.807, 2.05) is 0 Å². The van der Waals surface area contributed by atoms with Crippen molar-refractivity contribution in [3.05, 3.63) is 0 Å². The molecule has 0 aromatic rings. The van der Waals surface area contributed by atoms with Gasteiger partial charge in [0.1, 0.15) is 0 Å². The first-order valence-corrected chi connectivity index (χ1v) is 5.48. The van der Waals surface area contributed by atoms with Crippen molar-refractivity contribution in [3.63, 3.8) is 0 Å². The molecule has 0 bridgehead atoms. The molecule has 40 valence electrons. The van der Waals surface area contributed by atoms with Crippen LogP contribution >= 0.6 is 8.69 Å². The maximum Gasteiger partial charge on any atom is 0.359 e. The van der Waals surface area contributed by atoms with Gasteiger partial charge in [-0.25, -0.2) is 4.57 Å². The fourth-order valence-corrected chi connectivity index (χ4v) is 0. The van der Waals surface area contributed by atoms with Crippen LogP contribution in [0, 0.1) is 0 Å². The highest BCUT2D eigenvalue weighted by Crippen LogP contribution is 1.66. The van der Waals surface area contributed by atoms with Crippen LogP contribution in [0.15, 0.2) is 0 Å². The van der Waals surface area contributed by atoms with E-state index in [0.29, 0.717) is 20.4 Å². The standard InChI is InChI=1S/C2H5.CH3.Mg.HO2P/c1-2;;;1-3-2/h1H2,2H3;1H3;;(H,1,2). The van der Waals surface area contributed by atoms with Gasteiger partial charge in [0.25, 0.3) is 0 Å². The summed E-state index contributed by atoms with van der Waals surface area (Å²) in [5.74, 6) is 0. The first kappa shape index (κ1) is 10.7. The van der Waals surface area contributed by atoms with Crippen LogP contribution in [0.25, 0.3) is 0 Å². The van der Waals surface area contributed by atoms with Crippen LogP contribution in [0.1, 0.15) is 6.92 Å². The molecule has 0 rings (SSSR count). The van der Waals surface area contributed by atoms with E-state index in [1.54, 1.807) is 0 Å². The van der Waals surface area contributed by atoms with Gasteiger partial charge in [0.2, 0.25) is 0 Å². The predicted molar refractivity (Wildman–Crippen MR) is 31.9 cm³/mol.